The minimum atomic E-state index is -0.977. The molecule has 2 aromatic heterocycles. The fraction of sp³-hybridized carbons (Fsp3) is 0.0800. The van der Waals surface area contributed by atoms with Gasteiger partial charge in [0.25, 0.3) is 0 Å². The van der Waals surface area contributed by atoms with E-state index in [1.165, 1.54) is 0 Å². The number of anilines is 1. The van der Waals surface area contributed by atoms with Crippen molar-refractivity contribution in [1.29, 1.82) is 0 Å². The van der Waals surface area contributed by atoms with Crippen molar-refractivity contribution in [1.82, 2.24) is 10.3 Å². The van der Waals surface area contributed by atoms with Gasteiger partial charge in [0.2, 0.25) is 0 Å². The lowest BCUT2D eigenvalue weighted by Crippen LogP contribution is -2.29. The van der Waals surface area contributed by atoms with Gasteiger partial charge in [-0.1, -0.05) is 18.2 Å². The summed E-state index contributed by atoms with van der Waals surface area (Å²) >= 11 is 5.68. The van der Waals surface area contributed by atoms with Crippen LogP contribution in [0.3, 0.4) is 0 Å². The number of aromatic nitrogens is 1. The minimum Gasteiger partial charge on any atom is -0.508 e. The van der Waals surface area contributed by atoms with E-state index in [0.717, 1.165) is 16.9 Å². The number of furan rings is 1. The van der Waals surface area contributed by atoms with Crippen molar-refractivity contribution < 1.29 is 19.4 Å². The molecule has 1 fully saturated rings. The van der Waals surface area contributed by atoms with Crippen molar-refractivity contribution >= 4 is 29.0 Å². The fourth-order valence-electron chi connectivity index (χ4n) is 3.98. The van der Waals surface area contributed by atoms with Crippen molar-refractivity contribution in [3.63, 3.8) is 0 Å². The predicted molar refractivity (Wildman–Crippen MR) is 127 cm³/mol. The molecular formula is C25H19N3O4S. The molecule has 0 amide bonds. The lowest BCUT2D eigenvalue weighted by atomic mass is 10.0. The first kappa shape index (κ1) is 20.7. The van der Waals surface area contributed by atoms with E-state index in [0.29, 0.717) is 16.6 Å². The second kappa shape index (κ2) is 8.40. The lowest BCUT2D eigenvalue weighted by molar-refractivity contribution is 0.0697. The van der Waals surface area contributed by atoms with Gasteiger partial charge in [0.05, 0.1) is 17.3 Å². The van der Waals surface area contributed by atoms with Crippen molar-refractivity contribution in [2.24, 2.45) is 0 Å². The third-order valence-corrected chi connectivity index (χ3v) is 5.88. The van der Waals surface area contributed by atoms with E-state index >= 15 is 0 Å². The molecular weight excluding hydrogens is 438 g/mol. The topological polar surface area (TPSA) is 98.8 Å². The molecule has 1 aliphatic rings. The number of pyridine rings is 1. The number of carbonyl (C=O) groups is 1. The number of hydrogen-bond donors (Lipinski definition) is 3. The van der Waals surface area contributed by atoms with Crippen molar-refractivity contribution in [2.75, 3.05) is 4.90 Å². The number of thiocarbonyl (C=S) groups is 1. The number of rotatable bonds is 5. The van der Waals surface area contributed by atoms with Gasteiger partial charge >= 0.3 is 5.97 Å². The highest BCUT2D eigenvalue weighted by atomic mass is 32.1. The van der Waals surface area contributed by atoms with Gasteiger partial charge in [-0.25, -0.2) is 4.79 Å². The molecule has 4 aromatic rings. The number of benzene rings is 2. The smallest absolute Gasteiger partial charge is 0.335 e. The predicted octanol–water partition coefficient (Wildman–Crippen LogP) is 4.92. The van der Waals surface area contributed by atoms with Gasteiger partial charge in [0.15, 0.2) is 5.11 Å². The number of phenolic OH excluding ortho intramolecular Hbond substituents is 1. The standard InChI is InChI=1S/C25H19N3O4S/c29-18-10-8-17(9-11-18)28-23(22(27-25(28)33)19-3-1-2-14-26-19)21-13-12-20(32-21)15-4-6-16(7-5-15)24(30)31/h1-14,22-23,29H,(H,27,33)(H,30,31)/t22-,23-/m0/s1. The Morgan fingerprint density at radius 3 is 2.42 bits per heavy atom. The van der Waals surface area contributed by atoms with Crippen molar-refractivity contribution in [3.8, 4) is 17.1 Å². The number of nitrogens with one attached hydrogen (secondary N) is 1. The summed E-state index contributed by atoms with van der Waals surface area (Å²) < 4.78 is 6.26. The van der Waals surface area contributed by atoms with Gasteiger partial charge in [-0.05, 0) is 72.9 Å². The Kier molecular flexibility index (Phi) is 5.27. The first-order valence-corrected chi connectivity index (χ1v) is 10.7. The van der Waals surface area contributed by atoms with Crippen LogP contribution in [0.1, 0.15) is 33.9 Å². The molecule has 2 atom stereocenters. The molecule has 164 valence electrons. The van der Waals surface area contributed by atoms with Crippen LogP contribution in [0.4, 0.5) is 5.69 Å². The number of hydrogen-bond acceptors (Lipinski definition) is 5. The summed E-state index contributed by atoms with van der Waals surface area (Å²) in [4.78, 5) is 17.6. The molecule has 0 radical (unpaired) electrons. The van der Waals surface area contributed by atoms with E-state index in [-0.39, 0.29) is 23.4 Å². The van der Waals surface area contributed by atoms with E-state index in [4.69, 9.17) is 21.7 Å². The first-order valence-electron chi connectivity index (χ1n) is 10.2. The van der Waals surface area contributed by atoms with Gasteiger partial charge in [-0.2, -0.15) is 0 Å². The van der Waals surface area contributed by atoms with Crippen molar-refractivity contribution in [3.05, 3.63) is 102 Å². The van der Waals surface area contributed by atoms with Crippen LogP contribution in [0, 0.1) is 0 Å². The van der Waals surface area contributed by atoms with E-state index in [1.807, 2.05) is 35.2 Å². The third kappa shape index (κ3) is 3.92. The zero-order valence-corrected chi connectivity index (χ0v) is 18.1. The Labute approximate surface area is 194 Å². The Bertz CT molecular complexity index is 1300. The van der Waals surface area contributed by atoms with E-state index in [1.54, 1.807) is 54.7 Å². The van der Waals surface area contributed by atoms with Crippen LogP contribution in [0.5, 0.6) is 5.75 Å². The minimum absolute atomic E-state index is 0.166. The number of aromatic hydroxyl groups is 1. The van der Waals surface area contributed by atoms with Gasteiger partial charge < -0.3 is 24.8 Å². The summed E-state index contributed by atoms with van der Waals surface area (Å²) in [5.41, 5.74) is 2.60. The molecule has 0 unspecified atom stereocenters. The average molecular weight is 458 g/mol. The second-order valence-electron chi connectivity index (χ2n) is 7.60. The molecule has 0 bridgehead atoms. The maximum absolute atomic E-state index is 11.2. The fourth-order valence-corrected chi connectivity index (χ4v) is 4.33. The Balaban J connectivity index is 1.56. The molecule has 2 aromatic carbocycles. The van der Waals surface area contributed by atoms with E-state index < -0.39 is 5.97 Å². The van der Waals surface area contributed by atoms with E-state index in [2.05, 4.69) is 10.3 Å². The molecule has 3 N–H and O–H groups in total. The van der Waals surface area contributed by atoms with Crippen LogP contribution in [0.15, 0.2) is 89.5 Å². The summed E-state index contributed by atoms with van der Waals surface area (Å²) in [6.07, 6.45) is 1.73. The maximum atomic E-state index is 11.2. The van der Waals surface area contributed by atoms with Crippen LogP contribution < -0.4 is 10.2 Å². The summed E-state index contributed by atoms with van der Waals surface area (Å²) in [7, 11) is 0. The molecule has 7 nitrogen and oxygen atoms in total. The highest BCUT2D eigenvalue weighted by Crippen LogP contribution is 2.43. The monoisotopic (exact) mass is 457 g/mol. The number of aromatic carboxylic acids is 1. The highest BCUT2D eigenvalue weighted by Gasteiger charge is 2.42. The molecule has 1 aliphatic heterocycles. The third-order valence-electron chi connectivity index (χ3n) is 5.56. The molecule has 1 saturated heterocycles. The SMILES string of the molecule is O=C(O)c1ccc(-c2ccc([C@H]3[C@H](c4ccccn4)NC(=S)N3c3ccc(O)cc3)o2)cc1. The maximum Gasteiger partial charge on any atom is 0.335 e. The number of phenols is 1. The van der Waals surface area contributed by atoms with Crippen LogP contribution >= 0.6 is 12.2 Å². The average Bonchev–Trinajstić information content (AvgIpc) is 3.45. The number of nitrogens with zero attached hydrogens (tertiary/aromatic N) is 2. The molecule has 33 heavy (non-hydrogen) atoms. The molecule has 0 aliphatic carbocycles. The normalized spacial score (nSPS) is 17.7. The quantitative estimate of drug-likeness (QED) is 0.363. The van der Waals surface area contributed by atoms with Crippen LogP contribution in [0.2, 0.25) is 0 Å². The lowest BCUT2D eigenvalue weighted by Gasteiger charge is -2.26. The van der Waals surface area contributed by atoms with Crippen LogP contribution in [0.25, 0.3) is 11.3 Å². The summed E-state index contributed by atoms with van der Waals surface area (Å²) in [5, 5.41) is 22.7. The first-order chi connectivity index (χ1) is 16.0. The van der Waals surface area contributed by atoms with Crippen LogP contribution in [-0.2, 0) is 0 Å². The summed E-state index contributed by atoms with van der Waals surface area (Å²) in [6.45, 7) is 0. The zero-order chi connectivity index (χ0) is 22.9. The molecule has 8 heteroatoms. The zero-order valence-electron chi connectivity index (χ0n) is 17.3. The number of carboxylic acid groups (broad SMARTS) is 1. The molecule has 5 rings (SSSR count). The van der Waals surface area contributed by atoms with Gasteiger partial charge in [0, 0.05) is 17.4 Å². The molecule has 0 spiro atoms. The summed E-state index contributed by atoms with van der Waals surface area (Å²) in [5.74, 6) is 0.475. The van der Waals surface area contributed by atoms with Gasteiger partial charge in [-0.3, -0.25) is 4.98 Å². The largest absolute Gasteiger partial charge is 0.508 e. The Morgan fingerprint density at radius 2 is 1.76 bits per heavy atom. The summed E-state index contributed by atoms with van der Waals surface area (Å²) in [6, 6.07) is 22.2. The molecule has 0 saturated carbocycles. The Morgan fingerprint density at radius 1 is 1.00 bits per heavy atom. The van der Waals surface area contributed by atoms with Crippen molar-refractivity contribution in [2.45, 2.75) is 12.1 Å². The van der Waals surface area contributed by atoms with Gasteiger partial charge in [0.1, 0.15) is 23.3 Å². The van der Waals surface area contributed by atoms with Crippen LogP contribution in [-0.4, -0.2) is 26.3 Å². The molecule has 3 heterocycles. The Hall–Kier alpha value is -4.17. The second-order valence-corrected chi connectivity index (χ2v) is 7.98. The number of carboxylic acids is 1. The van der Waals surface area contributed by atoms with Gasteiger partial charge in [-0.15, -0.1) is 0 Å². The highest BCUT2D eigenvalue weighted by molar-refractivity contribution is 7.80. The van der Waals surface area contributed by atoms with E-state index in [9.17, 15) is 9.90 Å².